The summed E-state index contributed by atoms with van der Waals surface area (Å²) in [6.07, 6.45) is 5.85. The molecular formula is C13H24N2O3. The van der Waals surface area contributed by atoms with Gasteiger partial charge in [-0.15, -0.1) is 0 Å². The van der Waals surface area contributed by atoms with Crippen molar-refractivity contribution in [1.29, 1.82) is 0 Å². The van der Waals surface area contributed by atoms with Crippen molar-refractivity contribution in [2.45, 2.75) is 44.2 Å². The summed E-state index contributed by atoms with van der Waals surface area (Å²) >= 11 is 0. The molecule has 1 atom stereocenters. The van der Waals surface area contributed by atoms with Gasteiger partial charge in [0.25, 0.3) is 0 Å². The summed E-state index contributed by atoms with van der Waals surface area (Å²) < 4.78 is 11.0. The highest BCUT2D eigenvalue weighted by atomic mass is 16.5. The van der Waals surface area contributed by atoms with E-state index >= 15 is 0 Å². The Balaban J connectivity index is 1.35. The molecule has 0 spiro atoms. The maximum absolute atomic E-state index is 11.4. The molecule has 2 N–H and O–H groups in total. The molecule has 1 saturated heterocycles. The van der Waals surface area contributed by atoms with E-state index in [1.54, 1.807) is 0 Å². The van der Waals surface area contributed by atoms with Crippen LogP contribution in [0.2, 0.25) is 0 Å². The predicted molar refractivity (Wildman–Crippen MR) is 68.4 cm³/mol. The highest BCUT2D eigenvalue weighted by Gasteiger charge is 2.20. The maximum Gasteiger partial charge on any atom is 0.233 e. The van der Waals surface area contributed by atoms with Crippen LogP contribution in [0.3, 0.4) is 0 Å². The van der Waals surface area contributed by atoms with Gasteiger partial charge in [0.15, 0.2) is 0 Å². The fourth-order valence-corrected chi connectivity index (χ4v) is 1.98. The van der Waals surface area contributed by atoms with E-state index in [1.807, 2.05) is 0 Å². The molecule has 0 radical (unpaired) electrons. The van der Waals surface area contributed by atoms with Gasteiger partial charge in [-0.25, -0.2) is 0 Å². The van der Waals surface area contributed by atoms with Crippen LogP contribution in [0.1, 0.15) is 32.1 Å². The fourth-order valence-electron chi connectivity index (χ4n) is 1.98. The zero-order chi connectivity index (χ0) is 12.6. The number of ether oxygens (including phenoxy) is 2. The molecule has 18 heavy (non-hydrogen) atoms. The lowest BCUT2D eigenvalue weighted by molar-refractivity contribution is -0.120. The molecule has 0 aromatic heterocycles. The number of hydrogen-bond acceptors (Lipinski definition) is 4. The number of carbonyl (C=O) groups is 1. The van der Waals surface area contributed by atoms with Crippen LogP contribution in [0, 0.1) is 0 Å². The third-order valence-corrected chi connectivity index (χ3v) is 3.24. The van der Waals surface area contributed by atoms with E-state index in [1.165, 1.54) is 12.8 Å². The molecular weight excluding hydrogens is 232 g/mol. The Labute approximate surface area is 109 Å². The second-order valence-corrected chi connectivity index (χ2v) is 5.07. The Bertz CT molecular complexity index is 251. The standard InChI is InChI=1S/C13H24N2O3/c16-13(9-15-11-4-5-11)14-6-2-7-17-10-12-3-1-8-18-12/h11-12,15H,1-10H2,(H,14,16). The van der Waals surface area contributed by atoms with Crippen LogP contribution >= 0.6 is 0 Å². The van der Waals surface area contributed by atoms with Gasteiger partial charge in [0.1, 0.15) is 0 Å². The van der Waals surface area contributed by atoms with Crippen LogP contribution in [0.4, 0.5) is 0 Å². The summed E-state index contributed by atoms with van der Waals surface area (Å²) in [4.78, 5) is 11.4. The SMILES string of the molecule is O=C(CNC1CC1)NCCCOCC1CCCO1. The highest BCUT2D eigenvalue weighted by molar-refractivity contribution is 5.77. The first kappa shape index (κ1) is 13.8. The molecule has 0 aromatic rings. The van der Waals surface area contributed by atoms with Crippen LogP contribution in [-0.2, 0) is 14.3 Å². The van der Waals surface area contributed by atoms with Gasteiger partial charge >= 0.3 is 0 Å². The quantitative estimate of drug-likeness (QED) is 0.588. The molecule has 5 heteroatoms. The van der Waals surface area contributed by atoms with E-state index in [4.69, 9.17) is 9.47 Å². The second kappa shape index (κ2) is 7.71. The van der Waals surface area contributed by atoms with Gasteiger partial charge in [0.05, 0.1) is 19.3 Å². The van der Waals surface area contributed by atoms with Crippen LogP contribution in [0.15, 0.2) is 0 Å². The Kier molecular flexibility index (Phi) is 5.90. The molecule has 2 rings (SSSR count). The van der Waals surface area contributed by atoms with Crippen LogP contribution in [0.25, 0.3) is 0 Å². The van der Waals surface area contributed by atoms with Crippen molar-refractivity contribution in [2.75, 3.05) is 32.9 Å². The lowest BCUT2D eigenvalue weighted by atomic mass is 10.2. The number of nitrogens with one attached hydrogen (secondary N) is 2. The van der Waals surface area contributed by atoms with Crippen molar-refractivity contribution in [1.82, 2.24) is 10.6 Å². The van der Waals surface area contributed by atoms with E-state index in [2.05, 4.69) is 10.6 Å². The van der Waals surface area contributed by atoms with Gasteiger partial charge in [0, 0.05) is 25.8 Å². The zero-order valence-corrected chi connectivity index (χ0v) is 11.0. The maximum atomic E-state index is 11.4. The summed E-state index contributed by atoms with van der Waals surface area (Å²) in [5.74, 6) is 0.0843. The lowest BCUT2D eigenvalue weighted by Gasteiger charge is -2.10. The van der Waals surface area contributed by atoms with Crippen LogP contribution in [-0.4, -0.2) is 51.0 Å². The summed E-state index contributed by atoms with van der Waals surface area (Å²) in [6.45, 7) is 3.39. The summed E-state index contributed by atoms with van der Waals surface area (Å²) in [6, 6.07) is 0.588. The lowest BCUT2D eigenvalue weighted by Crippen LogP contribution is -2.35. The van der Waals surface area contributed by atoms with E-state index in [-0.39, 0.29) is 5.91 Å². The molecule has 1 amide bonds. The Morgan fingerprint density at radius 3 is 2.94 bits per heavy atom. The predicted octanol–water partition coefficient (Wildman–Crippen LogP) is 0.440. The van der Waals surface area contributed by atoms with Crippen molar-refractivity contribution in [2.24, 2.45) is 0 Å². The number of amides is 1. The van der Waals surface area contributed by atoms with Crippen molar-refractivity contribution in [3.63, 3.8) is 0 Å². The smallest absolute Gasteiger partial charge is 0.233 e. The minimum absolute atomic E-state index is 0.0843. The monoisotopic (exact) mass is 256 g/mol. The molecule has 0 aromatic carbocycles. The molecule has 1 saturated carbocycles. The topological polar surface area (TPSA) is 59.6 Å². The fraction of sp³-hybridized carbons (Fsp3) is 0.923. The molecule has 0 bridgehead atoms. The van der Waals surface area contributed by atoms with Gasteiger partial charge in [-0.05, 0) is 32.1 Å². The van der Waals surface area contributed by atoms with E-state index in [0.717, 1.165) is 25.9 Å². The van der Waals surface area contributed by atoms with E-state index in [0.29, 0.717) is 38.4 Å². The molecule has 2 aliphatic rings. The molecule has 1 aliphatic carbocycles. The first-order valence-corrected chi connectivity index (χ1v) is 7.04. The summed E-state index contributed by atoms with van der Waals surface area (Å²) in [5.41, 5.74) is 0. The van der Waals surface area contributed by atoms with Crippen molar-refractivity contribution in [3.8, 4) is 0 Å². The van der Waals surface area contributed by atoms with E-state index < -0.39 is 0 Å². The molecule has 104 valence electrons. The molecule has 1 unspecified atom stereocenters. The van der Waals surface area contributed by atoms with Gasteiger partial charge in [-0.1, -0.05) is 0 Å². The van der Waals surface area contributed by atoms with Gasteiger partial charge in [-0.2, -0.15) is 0 Å². The molecule has 1 aliphatic heterocycles. The number of hydrogen-bond donors (Lipinski definition) is 2. The molecule has 5 nitrogen and oxygen atoms in total. The van der Waals surface area contributed by atoms with Gasteiger partial charge in [-0.3, -0.25) is 4.79 Å². The summed E-state index contributed by atoms with van der Waals surface area (Å²) in [7, 11) is 0. The van der Waals surface area contributed by atoms with Gasteiger partial charge in [0.2, 0.25) is 5.91 Å². The zero-order valence-electron chi connectivity index (χ0n) is 11.0. The Hall–Kier alpha value is -0.650. The average Bonchev–Trinajstić information content (AvgIpc) is 3.06. The minimum Gasteiger partial charge on any atom is -0.379 e. The second-order valence-electron chi connectivity index (χ2n) is 5.07. The van der Waals surface area contributed by atoms with Gasteiger partial charge < -0.3 is 20.1 Å². The highest BCUT2D eigenvalue weighted by Crippen LogP contribution is 2.17. The summed E-state index contributed by atoms with van der Waals surface area (Å²) in [5, 5.41) is 6.07. The molecule has 1 heterocycles. The first-order valence-electron chi connectivity index (χ1n) is 7.04. The van der Waals surface area contributed by atoms with Crippen LogP contribution < -0.4 is 10.6 Å². The number of rotatable bonds is 9. The van der Waals surface area contributed by atoms with E-state index in [9.17, 15) is 4.79 Å². The Morgan fingerprint density at radius 1 is 1.33 bits per heavy atom. The third kappa shape index (κ3) is 5.80. The minimum atomic E-state index is 0.0843. The largest absolute Gasteiger partial charge is 0.379 e. The van der Waals surface area contributed by atoms with Crippen molar-refractivity contribution in [3.05, 3.63) is 0 Å². The normalized spacial score (nSPS) is 23.2. The van der Waals surface area contributed by atoms with Crippen molar-refractivity contribution < 1.29 is 14.3 Å². The van der Waals surface area contributed by atoms with Crippen LogP contribution in [0.5, 0.6) is 0 Å². The Morgan fingerprint density at radius 2 is 2.22 bits per heavy atom. The van der Waals surface area contributed by atoms with Crippen molar-refractivity contribution >= 4 is 5.91 Å². The number of carbonyl (C=O) groups excluding carboxylic acids is 1. The first-order chi connectivity index (χ1) is 8.84. The molecule has 2 fully saturated rings. The third-order valence-electron chi connectivity index (χ3n) is 3.24. The average molecular weight is 256 g/mol.